The van der Waals surface area contributed by atoms with E-state index >= 15 is 0 Å². The van der Waals surface area contributed by atoms with Crippen LogP contribution in [0.4, 0.5) is 0 Å². The Bertz CT molecular complexity index is 944. The lowest BCUT2D eigenvalue weighted by Crippen LogP contribution is -2.45. The number of likely N-dealkylation sites (tertiary alicyclic amines) is 1. The van der Waals surface area contributed by atoms with Crippen molar-refractivity contribution in [3.05, 3.63) is 64.2 Å². The van der Waals surface area contributed by atoms with Gasteiger partial charge in [0.2, 0.25) is 0 Å². The van der Waals surface area contributed by atoms with Crippen molar-refractivity contribution in [2.45, 2.75) is 51.6 Å². The topological polar surface area (TPSA) is 49.9 Å². The van der Waals surface area contributed by atoms with Gasteiger partial charge in [-0.1, -0.05) is 36.7 Å². The Balaban J connectivity index is 1.43. The van der Waals surface area contributed by atoms with Crippen LogP contribution < -0.4 is 4.74 Å². The number of hydrogen-bond acceptors (Lipinski definition) is 3. The van der Waals surface area contributed by atoms with E-state index in [9.17, 15) is 9.59 Å². The van der Waals surface area contributed by atoms with E-state index in [1.165, 1.54) is 6.42 Å². The average Bonchev–Trinajstić information content (AvgIpc) is 2.80. The van der Waals surface area contributed by atoms with Crippen LogP contribution in [-0.2, 0) is 17.8 Å². The van der Waals surface area contributed by atoms with Gasteiger partial charge in [-0.05, 0) is 61.9 Å². The second-order valence-electron chi connectivity index (χ2n) is 8.32. The molecule has 6 heteroatoms. The summed E-state index contributed by atoms with van der Waals surface area (Å²) in [6, 6.07) is 13.4. The molecular formula is C25H29ClN2O3. The quantitative estimate of drug-likeness (QED) is 0.653. The number of ether oxygens (including phenoxy) is 1. The summed E-state index contributed by atoms with van der Waals surface area (Å²) in [5.74, 6) is 0.682. The van der Waals surface area contributed by atoms with E-state index in [0.29, 0.717) is 41.9 Å². The molecule has 0 aliphatic carbocycles. The summed E-state index contributed by atoms with van der Waals surface area (Å²) in [5, 5.41) is 0.685. The van der Waals surface area contributed by atoms with Gasteiger partial charge in [0.1, 0.15) is 5.75 Å². The van der Waals surface area contributed by atoms with E-state index in [1.54, 1.807) is 0 Å². The van der Waals surface area contributed by atoms with E-state index in [1.807, 2.05) is 52.3 Å². The molecule has 2 aromatic carbocycles. The molecule has 2 amide bonds. The van der Waals surface area contributed by atoms with E-state index < -0.39 is 0 Å². The molecule has 2 aliphatic heterocycles. The summed E-state index contributed by atoms with van der Waals surface area (Å²) in [5.41, 5.74) is 2.61. The minimum atomic E-state index is -0.00458. The molecule has 2 heterocycles. The molecule has 2 aromatic rings. The minimum absolute atomic E-state index is 0.00458. The number of hydrogen-bond donors (Lipinski definition) is 0. The molecule has 31 heavy (non-hydrogen) atoms. The van der Waals surface area contributed by atoms with Crippen LogP contribution in [0.2, 0.25) is 5.02 Å². The first-order chi connectivity index (χ1) is 15.1. The van der Waals surface area contributed by atoms with E-state index in [4.69, 9.17) is 16.3 Å². The first kappa shape index (κ1) is 21.7. The summed E-state index contributed by atoms with van der Waals surface area (Å²) in [6.07, 6.45) is 5.00. The number of fused-ring (bicyclic) bond motifs is 1. The maximum Gasteiger partial charge on any atom is 0.260 e. The van der Waals surface area contributed by atoms with Gasteiger partial charge in [0.25, 0.3) is 11.8 Å². The van der Waals surface area contributed by atoms with Gasteiger partial charge in [0, 0.05) is 41.8 Å². The standard InChI is InChI=1S/C25H29ClN2O3/c1-2-20-6-3-4-14-28(20)24(29)17-31-23-8-5-7-22-21(23)13-15-27(25(22)30)16-18-9-11-19(26)12-10-18/h5,7-12,20H,2-4,6,13-17H2,1H3/t20-/m1/s1. The van der Waals surface area contributed by atoms with Crippen LogP contribution in [0.5, 0.6) is 5.75 Å². The highest BCUT2D eigenvalue weighted by atomic mass is 35.5. The highest BCUT2D eigenvalue weighted by Crippen LogP contribution is 2.29. The number of benzene rings is 2. The van der Waals surface area contributed by atoms with Gasteiger partial charge in [0.15, 0.2) is 6.61 Å². The minimum Gasteiger partial charge on any atom is -0.483 e. The van der Waals surface area contributed by atoms with Crippen molar-refractivity contribution in [3.8, 4) is 5.75 Å². The molecule has 0 aromatic heterocycles. The third-order valence-corrected chi connectivity index (χ3v) is 6.59. The van der Waals surface area contributed by atoms with E-state index in [2.05, 4.69) is 6.92 Å². The Kier molecular flexibility index (Phi) is 6.81. The maximum atomic E-state index is 13.1. The number of rotatable bonds is 6. The van der Waals surface area contributed by atoms with Crippen molar-refractivity contribution < 1.29 is 14.3 Å². The Morgan fingerprint density at radius 1 is 1.13 bits per heavy atom. The van der Waals surface area contributed by atoms with Crippen molar-refractivity contribution in [1.82, 2.24) is 9.80 Å². The molecule has 1 fully saturated rings. The normalized spacial score (nSPS) is 18.6. The van der Waals surface area contributed by atoms with Crippen LogP contribution in [0.1, 0.15) is 54.1 Å². The van der Waals surface area contributed by atoms with Crippen molar-refractivity contribution >= 4 is 23.4 Å². The molecule has 0 saturated carbocycles. The molecule has 5 nitrogen and oxygen atoms in total. The van der Waals surface area contributed by atoms with Gasteiger partial charge in [-0.3, -0.25) is 9.59 Å². The highest BCUT2D eigenvalue weighted by Gasteiger charge is 2.28. The Morgan fingerprint density at radius 2 is 1.94 bits per heavy atom. The van der Waals surface area contributed by atoms with Crippen molar-refractivity contribution in [1.29, 1.82) is 0 Å². The van der Waals surface area contributed by atoms with Gasteiger partial charge >= 0.3 is 0 Å². The third kappa shape index (κ3) is 4.87. The highest BCUT2D eigenvalue weighted by molar-refractivity contribution is 6.30. The third-order valence-electron chi connectivity index (χ3n) is 6.34. The summed E-state index contributed by atoms with van der Waals surface area (Å²) >= 11 is 5.96. The van der Waals surface area contributed by atoms with Crippen LogP contribution in [0.25, 0.3) is 0 Å². The van der Waals surface area contributed by atoms with E-state index in [0.717, 1.165) is 36.9 Å². The second-order valence-corrected chi connectivity index (χ2v) is 8.76. The lowest BCUT2D eigenvalue weighted by molar-refractivity contribution is -0.137. The van der Waals surface area contributed by atoms with Crippen LogP contribution in [0, 0.1) is 0 Å². The van der Waals surface area contributed by atoms with Gasteiger partial charge < -0.3 is 14.5 Å². The number of piperidine rings is 1. The number of carbonyl (C=O) groups excluding carboxylic acids is 2. The fourth-order valence-corrected chi connectivity index (χ4v) is 4.74. The number of amides is 2. The zero-order valence-electron chi connectivity index (χ0n) is 18.0. The zero-order chi connectivity index (χ0) is 21.8. The monoisotopic (exact) mass is 440 g/mol. The number of carbonyl (C=O) groups is 2. The first-order valence-electron chi connectivity index (χ1n) is 11.1. The molecule has 1 saturated heterocycles. The van der Waals surface area contributed by atoms with Gasteiger partial charge in [0.05, 0.1) is 0 Å². The summed E-state index contributed by atoms with van der Waals surface area (Å²) in [6.45, 7) is 4.13. The van der Waals surface area contributed by atoms with Crippen molar-refractivity contribution in [3.63, 3.8) is 0 Å². The SMILES string of the molecule is CC[C@@H]1CCCCN1C(=O)COc1cccc2c1CCN(Cc1ccc(Cl)cc1)C2=O. The van der Waals surface area contributed by atoms with Crippen LogP contribution >= 0.6 is 11.6 Å². The molecule has 0 N–H and O–H groups in total. The molecule has 2 aliphatic rings. The van der Waals surface area contributed by atoms with Crippen LogP contribution in [0.15, 0.2) is 42.5 Å². The summed E-state index contributed by atoms with van der Waals surface area (Å²) in [4.78, 5) is 29.7. The molecular weight excluding hydrogens is 412 g/mol. The predicted octanol–water partition coefficient (Wildman–Crippen LogP) is 4.71. The smallest absolute Gasteiger partial charge is 0.260 e. The van der Waals surface area contributed by atoms with Gasteiger partial charge in [-0.25, -0.2) is 0 Å². The molecule has 4 rings (SSSR count). The van der Waals surface area contributed by atoms with Crippen molar-refractivity contribution in [2.24, 2.45) is 0 Å². The fourth-order valence-electron chi connectivity index (χ4n) is 4.61. The van der Waals surface area contributed by atoms with Crippen LogP contribution in [0.3, 0.4) is 0 Å². The average molecular weight is 441 g/mol. The molecule has 0 spiro atoms. The molecule has 0 unspecified atom stereocenters. The maximum absolute atomic E-state index is 13.1. The number of nitrogens with zero attached hydrogens (tertiary/aromatic N) is 2. The largest absolute Gasteiger partial charge is 0.483 e. The molecule has 1 atom stereocenters. The molecule has 0 radical (unpaired) electrons. The van der Waals surface area contributed by atoms with Crippen LogP contribution in [-0.4, -0.2) is 47.4 Å². The van der Waals surface area contributed by atoms with Gasteiger partial charge in [-0.15, -0.1) is 0 Å². The Labute approximate surface area is 188 Å². The van der Waals surface area contributed by atoms with E-state index in [-0.39, 0.29) is 18.4 Å². The fraction of sp³-hybridized carbons (Fsp3) is 0.440. The Morgan fingerprint density at radius 3 is 2.71 bits per heavy atom. The molecule has 164 valence electrons. The Hall–Kier alpha value is -2.53. The second kappa shape index (κ2) is 9.73. The first-order valence-corrected chi connectivity index (χ1v) is 11.5. The summed E-state index contributed by atoms with van der Waals surface area (Å²) < 4.78 is 5.95. The van der Waals surface area contributed by atoms with Gasteiger partial charge in [-0.2, -0.15) is 0 Å². The molecule has 0 bridgehead atoms. The lowest BCUT2D eigenvalue weighted by atomic mass is 9.97. The number of halogens is 1. The lowest BCUT2D eigenvalue weighted by Gasteiger charge is -2.35. The predicted molar refractivity (Wildman–Crippen MR) is 121 cm³/mol. The zero-order valence-corrected chi connectivity index (χ0v) is 18.7. The van der Waals surface area contributed by atoms with Crippen molar-refractivity contribution in [2.75, 3.05) is 19.7 Å². The summed E-state index contributed by atoms with van der Waals surface area (Å²) in [7, 11) is 0.